The summed E-state index contributed by atoms with van der Waals surface area (Å²) in [5, 5.41) is 8.63. The summed E-state index contributed by atoms with van der Waals surface area (Å²) in [6, 6.07) is -0.613. The molecule has 0 aromatic rings. The van der Waals surface area contributed by atoms with Crippen LogP contribution in [0.5, 0.6) is 0 Å². The van der Waals surface area contributed by atoms with Gasteiger partial charge in [-0.25, -0.2) is 8.78 Å². The molecule has 1 saturated heterocycles. The van der Waals surface area contributed by atoms with Gasteiger partial charge in [-0.2, -0.15) is 0 Å². The van der Waals surface area contributed by atoms with Crippen molar-refractivity contribution < 1.29 is 28.2 Å². The van der Waals surface area contributed by atoms with Crippen LogP contribution in [0.3, 0.4) is 0 Å². The maximum Gasteiger partial charge on any atom is 0.303 e. The van der Waals surface area contributed by atoms with Crippen molar-refractivity contribution >= 4 is 11.9 Å². The second-order valence-corrected chi connectivity index (χ2v) is 4.85. The zero-order chi connectivity index (χ0) is 14.4. The molecule has 7 heteroatoms. The highest BCUT2D eigenvalue weighted by atomic mass is 19.3. The first kappa shape index (κ1) is 15.8. The van der Waals surface area contributed by atoms with Gasteiger partial charge in [0.25, 0.3) is 0 Å². The molecule has 2 atom stereocenters. The predicted molar refractivity (Wildman–Crippen MR) is 63.0 cm³/mol. The maximum atomic E-state index is 12.4. The summed E-state index contributed by atoms with van der Waals surface area (Å²) in [7, 11) is 0. The molecule has 1 heterocycles. The Balaban J connectivity index is 2.54. The Bertz CT molecular complexity index is 325. The van der Waals surface area contributed by atoms with Gasteiger partial charge in [0, 0.05) is 25.8 Å². The highest BCUT2D eigenvalue weighted by Crippen LogP contribution is 2.18. The number of halogens is 2. The van der Waals surface area contributed by atoms with Crippen molar-refractivity contribution in [3.05, 3.63) is 0 Å². The fourth-order valence-electron chi connectivity index (χ4n) is 2.17. The number of hydrogen-bond acceptors (Lipinski definition) is 3. The Morgan fingerprint density at radius 3 is 2.68 bits per heavy atom. The first-order valence-electron chi connectivity index (χ1n) is 6.27. The molecule has 0 aromatic heterocycles. The van der Waals surface area contributed by atoms with Gasteiger partial charge in [-0.05, 0) is 5.92 Å². The number of carboxylic acids is 1. The van der Waals surface area contributed by atoms with Crippen molar-refractivity contribution in [1.82, 2.24) is 4.90 Å². The summed E-state index contributed by atoms with van der Waals surface area (Å²) in [5.74, 6) is -1.55. The average Bonchev–Trinajstić information content (AvgIpc) is 2.27. The first-order valence-corrected chi connectivity index (χ1v) is 6.27. The largest absolute Gasteiger partial charge is 0.481 e. The molecule has 1 aliphatic heterocycles. The molecule has 2 unspecified atom stereocenters. The van der Waals surface area contributed by atoms with Crippen molar-refractivity contribution in [3.8, 4) is 0 Å². The van der Waals surface area contributed by atoms with Crippen LogP contribution in [0.15, 0.2) is 0 Å². The molecule has 1 rings (SSSR count). The number of rotatable bonds is 6. The van der Waals surface area contributed by atoms with Crippen LogP contribution in [0.4, 0.5) is 8.78 Å². The monoisotopic (exact) mass is 279 g/mol. The van der Waals surface area contributed by atoms with E-state index in [-0.39, 0.29) is 37.8 Å². The second kappa shape index (κ2) is 7.37. The molecule has 1 fully saturated rings. The van der Waals surface area contributed by atoms with Gasteiger partial charge >= 0.3 is 5.97 Å². The van der Waals surface area contributed by atoms with Gasteiger partial charge in [0.15, 0.2) is 0 Å². The molecular formula is C12H19F2NO4. The normalized spacial score (nSPS) is 21.5. The van der Waals surface area contributed by atoms with E-state index >= 15 is 0 Å². The number of alkyl halides is 2. The molecule has 110 valence electrons. The Kier molecular flexibility index (Phi) is 6.14. The smallest absolute Gasteiger partial charge is 0.303 e. The second-order valence-electron chi connectivity index (χ2n) is 4.85. The summed E-state index contributed by atoms with van der Waals surface area (Å²) in [5.41, 5.74) is 0. The minimum Gasteiger partial charge on any atom is -0.481 e. The van der Waals surface area contributed by atoms with Gasteiger partial charge in [0.1, 0.15) is 0 Å². The lowest BCUT2D eigenvalue weighted by Crippen LogP contribution is -2.49. The summed E-state index contributed by atoms with van der Waals surface area (Å²) < 4.78 is 30.0. The summed E-state index contributed by atoms with van der Waals surface area (Å²) >= 11 is 0. The Morgan fingerprint density at radius 2 is 2.11 bits per heavy atom. The molecule has 0 bridgehead atoms. The van der Waals surface area contributed by atoms with E-state index < -0.39 is 24.9 Å². The SMILES string of the molecule is CC(CC(=O)O)CC(=O)N1CCOCC1CC(F)F. The number of hydrogen-bond donors (Lipinski definition) is 1. The number of nitrogens with zero attached hydrogens (tertiary/aromatic N) is 1. The lowest BCUT2D eigenvalue weighted by Gasteiger charge is -2.36. The van der Waals surface area contributed by atoms with E-state index in [0.29, 0.717) is 6.61 Å². The van der Waals surface area contributed by atoms with Crippen LogP contribution in [0.2, 0.25) is 0 Å². The highest BCUT2D eigenvalue weighted by molar-refractivity contribution is 5.77. The zero-order valence-corrected chi connectivity index (χ0v) is 10.8. The van der Waals surface area contributed by atoms with Crippen LogP contribution in [0.1, 0.15) is 26.2 Å². The van der Waals surface area contributed by atoms with E-state index in [9.17, 15) is 18.4 Å². The van der Waals surface area contributed by atoms with E-state index in [0.717, 1.165) is 0 Å². The summed E-state index contributed by atoms with van der Waals surface area (Å²) in [6.07, 6.45) is -2.93. The number of carboxylic acid groups (broad SMARTS) is 1. The third-order valence-electron chi connectivity index (χ3n) is 3.04. The van der Waals surface area contributed by atoms with Crippen molar-refractivity contribution in [2.45, 2.75) is 38.7 Å². The average molecular weight is 279 g/mol. The van der Waals surface area contributed by atoms with Crippen LogP contribution in [0.25, 0.3) is 0 Å². The molecule has 0 saturated carbocycles. The number of amides is 1. The van der Waals surface area contributed by atoms with Crippen molar-refractivity contribution in [1.29, 1.82) is 0 Å². The number of carbonyl (C=O) groups is 2. The third kappa shape index (κ3) is 5.50. The van der Waals surface area contributed by atoms with E-state index in [2.05, 4.69) is 0 Å². The molecular weight excluding hydrogens is 260 g/mol. The molecule has 19 heavy (non-hydrogen) atoms. The minimum absolute atomic E-state index is 0.0615. The van der Waals surface area contributed by atoms with Gasteiger partial charge < -0.3 is 14.7 Å². The molecule has 0 aliphatic carbocycles. The summed E-state index contributed by atoms with van der Waals surface area (Å²) in [6.45, 7) is 2.40. The standard InChI is InChI=1S/C12H19F2NO4/c1-8(5-12(17)18)4-11(16)15-2-3-19-7-9(15)6-10(13)14/h8-10H,2-7H2,1H3,(H,17,18). The van der Waals surface area contributed by atoms with Crippen LogP contribution < -0.4 is 0 Å². The molecule has 1 aliphatic rings. The maximum absolute atomic E-state index is 12.4. The van der Waals surface area contributed by atoms with Crippen LogP contribution in [0, 0.1) is 5.92 Å². The van der Waals surface area contributed by atoms with E-state index in [1.54, 1.807) is 6.92 Å². The van der Waals surface area contributed by atoms with Crippen LogP contribution in [-0.2, 0) is 14.3 Å². The van der Waals surface area contributed by atoms with E-state index in [1.165, 1.54) is 4.90 Å². The lowest BCUT2D eigenvalue weighted by atomic mass is 10.0. The fourth-order valence-corrected chi connectivity index (χ4v) is 2.17. The highest BCUT2D eigenvalue weighted by Gasteiger charge is 2.30. The first-order chi connectivity index (χ1) is 8.90. The Hall–Kier alpha value is -1.24. The predicted octanol–water partition coefficient (Wildman–Crippen LogP) is 1.37. The fraction of sp³-hybridized carbons (Fsp3) is 0.833. The van der Waals surface area contributed by atoms with Gasteiger partial charge in [-0.1, -0.05) is 6.92 Å². The van der Waals surface area contributed by atoms with Gasteiger partial charge in [0.2, 0.25) is 12.3 Å². The molecule has 1 amide bonds. The van der Waals surface area contributed by atoms with Crippen molar-refractivity contribution in [2.24, 2.45) is 5.92 Å². The Labute approximate surface area is 110 Å². The number of morpholine rings is 1. The van der Waals surface area contributed by atoms with Crippen molar-refractivity contribution in [3.63, 3.8) is 0 Å². The lowest BCUT2D eigenvalue weighted by molar-refractivity contribution is -0.143. The molecule has 5 nitrogen and oxygen atoms in total. The van der Waals surface area contributed by atoms with E-state index in [4.69, 9.17) is 9.84 Å². The molecule has 0 aromatic carbocycles. The van der Waals surface area contributed by atoms with Gasteiger partial charge in [0.05, 0.1) is 19.3 Å². The molecule has 1 N–H and O–H groups in total. The molecule has 0 radical (unpaired) electrons. The van der Waals surface area contributed by atoms with E-state index in [1.807, 2.05) is 0 Å². The minimum atomic E-state index is -2.49. The van der Waals surface area contributed by atoms with Gasteiger partial charge in [-0.3, -0.25) is 9.59 Å². The number of ether oxygens (including phenoxy) is 1. The number of aliphatic carboxylic acids is 1. The topological polar surface area (TPSA) is 66.8 Å². The van der Waals surface area contributed by atoms with Gasteiger partial charge in [-0.15, -0.1) is 0 Å². The Morgan fingerprint density at radius 1 is 1.42 bits per heavy atom. The summed E-state index contributed by atoms with van der Waals surface area (Å²) in [4.78, 5) is 23.9. The third-order valence-corrected chi connectivity index (χ3v) is 3.04. The number of carbonyl (C=O) groups excluding carboxylic acids is 1. The quantitative estimate of drug-likeness (QED) is 0.797. The zero-order valence-electron chi connectivity index (χ0n) is 10.8. The molecule has 0 spiro atoms. The van der Waals surface area contributed by atoms with Crippen LogP contribution in [-0.4, -0.2) is 54.1 Å². The van der Waals surface area contributed by atoms with Crippen LogP contribution >= 0.6 is 0 Å². The van der Waals surface area contributed by atoms with Crippen molar-refractivity contribution in [2.75, 3.05) is 19.8 Å².